The lowest BCUT2D eigenvalue weighted by Crippen LogP contribution is -2.38. The van der Waals surface area contributed by atoms with Crippen LogP contribution in [0.2, 0.25) is 0 Å². The lowest BCUT2D eigenvalue weighted by molar-refractivity contribution is -0.122. The zero-order chi connectivity index (χ0) is 16.9. The van der Waals surface area contributed by atoms with E-state index in [0.29, 0.717) is 43.4 Å². The number of anilines is 1. The SMILES string of the molecule is N#Cc1nc(CCC2CCCCC2)oc1N1CCC(C(N)=O)CC1. The Hall–Kier alpha value is -2.03. The van der Waals surface area contributed by atoms with Crippen molar-refractivity contribution in [3.63, 3.8) is 0 Å². The van der Waals surface area contributed by atoms with Crippen LogP contribution in [-0.4, -0.2) is 24.0 Å². The van der Waals surface area contributed by atoms with Crippen molar-refractivity contribution in [1.82, 2.24) is 4.98 Å². The van der Waals surface area contributed by atoms with Crippen LogP contribution in [0.1, 0.15) is 63.0 Å². The van der Waals surface area contributed by atoms with Gasteiger partial charge in [-0.05, 0) is 25.2 Å². The first-order valence-corrected chi connectivity index (χ1v) is 9.11. The minimum Gasteiger partial charge on any atom is -0.424 e. The molecule has 1 aliphatic heterocycles. The van der Waals surface area contributed by atoms with Gasteiger partial charge in [0.15, 0.2) is 5.89 Å². The van der Waals surface area contributed by atoms with E-state index in [2.05, 4.69) is 11.1 Å². The highest BCUT2D eigenvalue weighted by Gasteiger charge is 2.27. The molecule has 2 fully saturated rings. The average molecular weight is 330 g/mol. The zero-order valence-electron chi connectivity index (χ0n) is 14.2. The number of rotatable bonds is 5. The number of piperidine rings is 1. The van der Waals surface area contributed by atoms with E-state index >= 15 is 0 Å². The predicted molar refractivity (Wildman–Crippen MR) is 90.2 cm³/mol. The fraction of sp³-hybridized carbons (Fsp3) is 0.722. The van der Waals surface area contributed by atoms with E-state index < -0.39 is 0 Å². The standard InChI is InChI=1S/C18H26N4O2/c19-12-15-18(22-10-8-14(9-11-22)17(20)23)24-16(21-15)7-6-13-4-2-1-3-5-13/h13-14H,1-11H2,(H2,20,23). The van der Waals surface area contributed by atoms with Crippen molar-refractivity contribution >= 4 is 11.8 Å². The fourth-order valence-corrected chi connectivity index (χ4v) is 3.92. The van der Waals surface area contributed by atoms with Gasteiger partial charge >= 0.3 is 0 Å². The molecule has 1 aromatic rings. The third-order valence-electron chi connectivity index (χ3n) is 5.44. The van der Waals surface area contributed by atoms with Gasteiger partial charge in [-0.25, -0.2) is 4.98 Å². The Bertz CT molecular complexity index is 605. The van der Waals surface area contributed by atoms with Crippen molar-refractivity contribution in [1.29, 1.82) is 5.26 Å². The topological polar surface area (TPSA) is 96.2 Å². The quantitative estimate of drug-likeness (QED) is 0.895. The van der Waals surface area contributed by atoms with Crippen LogP contribution in [-0.2, 0) is 11.2 Å². The van der Waals surface area contributed by atoms with E-state index in [1.54, 1.807) is 0 Å². The maximum atomic E-state index is 11.3. The van der Waals surface area contributed by atoms with Gasteiger partial charge in [0.05, 0.1) is 0 Å². The van der Waals surface area contributed by atoms with Gasteiger partial charge in [-0.1, -0.05) is 32.1 Å². The molecule has 1 aliphatic carbocycles. The van der Waals surface area contributed by atoms with Gasteiger partial charge in [0.1, 0.15) is 6.07 Å². The number of nitrogens with zero attached hydrogens (tertiary/aromatic N) is 3. The summed E-state index contributed by atoms with van der Waals surface area (Å²) in [5.41, 5.74) is 5.74. The highest BCUT2D eigenvalue weighted by atomic mass is 16.4. The van der Waals surface area contributed by atoms with Gasteiger partial charge < -0.3 is 15.1 Å². The molecule has 0 aromatic carbocycles. The second-order valence-electron chi connectivity index (χ2n) is 7.08. The highest BCUT2D eigenvalue weighted by molar-refractivity contribution is 5.77. The Labute approximate surface area is 143 Å². The number of carbonyl (C=O) groups excluding carboxylic acids is 1. The Balaban J connectivity index is 1.60. The van der Waals surface area contributed by atoms with Crippen molar-refractivity contribution < 1.29 is 9.21 Å². The van der Waals surface area contributed by atoms with Crippen molar-refractivity contribution in [2.45, 2.75) is 57.8 Å². The second kappa shape index (κ2) is 7.69. The smallest absolute Gasteiger partial charge is 0.234 e. The number of nitriles is 1. The molecule has 3 rings (SSSR count). The number of hydrogen-bond donors (Lipinski definition) is 1. The molecule has 6 heteroatoms. The van der Waals surface area contributed by atoms with Crippen LogP contribution in [0.5, 0.6) is 0 Å². The van der Waals surface area contributed by atoms with Crippen LogP contribution in [0.25, 0.3) is 0 Å². The molecule has 2 aliphatic rings. The summed E-state index contributed by atoms with van der Waals surface area (Å²) < 4.78 is 5.91. The van der Waals surface area contributed by atoms with Gasteiger partial charge in [-0.2, -0.15) is 5.26 Å². The first kappa shape index (κ1) is 16.8. The average Bonchev–Trinajstić information content (AvgIpc) is 3.04. The van der Waals surface area contributed by atoms with E-state index in [-0.39, 0.29) is 11.8 Å². The summed E-state index contributed by atoms with van der Waals surface area (Å²) in [7, 11) is 0. The maximum Gasteiger partial charge on any atom is 0.234 e. The first-order valence-electron chi connectivity index (χ1n) is 9.11. The van der Waals surface area contributed by atoms with Gasteiger partial charge in [0, 0.05) is 25.4 Å². The van der Waals surface area contributed by atoms with Crippen LogP contribution in [0.3, 0.4) is 0 Å². The normalized spacial score (nSPS) is 20.0. The van der Waals surface area contributed by atoms with Crippen LogP contribution < -0.4 is 10.6 Å². The number of oxazole rings is 1. The van der Waals surface area contributed by atoms with E-state index in [0.717, 1.165) is 18.8 Å². The number of hydrogen-bond acceptors (Lipinski definition) is 5. The number of amides is 1. The van der Waals surface area contributed by atoms with Gasteiger partial charge in [-0.3, -0.25) is 4.79 Å². The molecule has 0 bridgehead atoms. The van der Waals surface area contributed by atoms with E-state index in [4.69, 9.17) is 10.2 Å². The predicted octanol–water partition coefficient (Wildman–Crippen LogP) is 2.76. The molecule has 24 heavy (non-hydrogen) atoms. The molecule has 1 amide bonds. The molecule has 0 radical (unpaired) electrons. The van der Waals surface area contributed by atoms with Gasteiger partial charge in [0.25, 0.3) is 0 Å². The van der Waals surface area contributed by atoms with E-state index in [9.17, 15) is 10.1 Å². The molecule has 0 spiro atoms. The van der Waals surface area contributed by atoms with Crippen molar-refractivity contribution in [3.8, 4) is 6.07 Å². The molecular weight excluding hydrogens is 304 g/mol. The summed E-state index contributed by atoms with van der Waals surface area (Å²) in [6.07, 6.45) is 9.94. The summed E-state index contributed by atoms with van der Waals surface area (Å²) >= 11 is 0. The molecular formula is C18H26N4O2. The molecule has 2 heterocycles. The second-order valence-corrected chi connectivity index (χ2v) is 7.08. The summed E-state index contributed by atoms with van der Waals surface area (Å²) in [4.78, 5) is 17.7. The highest BCUT2D eigenvalue weighted by Crippen LogP contribution is 2.30. The van der Waals surface area contributed by atoms with E-state index in [1.165, 1.54) is 32.1 Å². The Morgan fingerprint density at radius 1 is 1.25 bits per heavy atom. The number of aryl methyl sites for hydroxylation is 1. The monoisotopic (exact) mass is 330 g/mol. The molecule has 2 N–H and O–H groups in total. The summed E-state index contributed by atoms with van der Waals surface area (Å²) in [5, 5.41) is 9.35. The number of primary amides is 1. The fourth-order valence-electron chi connectivity index (χ4n) is 3.92. The molecule has 1 aromatic heterocycles. The van der Waals surface area contributed by atoms with Crippen LogP contribution in [0, 0.1) is 23.2 Å². The summed E-state index contributed by atoms with van der Waals surface area (Å²) in [6, 6.07) is 2.15. The van der Waals surface area contributed by atoms with Crippen LogP contribution in [0.4, 0.5) is 5.88 Å². The van der Waals surface area contributed by atoms with Crippen molar-refractivity contribution in [2.24, 2.45) is 17.6 Å². The molecule has 0 atom stereocenters. The van der Waals surface area contributed by atoms with E-state index in [1.807, 2.05) is 4.90 Å². The van der Waals surface area contributed by atoms with Crippen molar-refractivity contribution in [3.05, 3.63) is 11.6 Å². The first-order chi connectivity index (χ1) is 11.7. The van der Waals surface area contributed by atoms with Crippen molar-refractivity contribution in [2.75, 3.05) is 18.0 Å². The number of carbonyl (C=O) groups is 1. The number of nitrogens with two attached hydrogens (primary N) is 1. The zero-order valence-corrected chi connectivity index (χ0v) is 14.2. The third kappa shape index (κ3) is 3.89. The van der Waals surface area contributed by atoms with Gasteiger partial charge in [-0.15, -0.1) is 0 Å². The molecule has 0 unspecified atom stereocenters. The lowest BCUT2D eigenvalue weighted by Gasteiger charge is -2.30. The largest absolute Gasteiger partial charge is 0.424 e. The summed E-state index contributed by atoms with van der Waals surface area (Å²) in [5.74, 6) is 1.70. The van der Waals surface area contributed by atoms with Crippen LogP contribution >= 0.6 is 0 Å². The number of aromatic nitrogens is 1. The Morgan fingerprint density at radius 2 is 1.96 bits per heavy atom. The third-order valence-corrected chi connectivity index (χ3v) is 5.44. The minimum absolute atomic E-state index is 0.0690. The molecule has 1 saturated heterocycles. The molecule has 1 saturated carbocycles. The minimum atomic E-state index is -0.235. The molecule has 130 valence electrons. The van der Waals surface area contributed by atoms with Gasteiger partial charge in [0.2, 0.25) is 17.5 Å². The summed E-state index contributed by atoms with van der Waals surface area (Å²) in [6.45, 7) is 1.36. The lowest BCUT2D eigenvalue weighted by atomic mass is 9.86. The van der Waals surface area contributed by atoms with Crippen LogP contribution in [0.15, 0.2) is 4.42 Å². The molecule has 6 nitrogen and oxygen atoms in total. The maximum absolute atomic E-state index is 11.3. The Morgan fingerprint density at radius 3 is 2.58 bits per heavy atom. The Kier molecular flexibility index (Phi) is 5.39.